The van der Waals surface area contributed by atoms with Gasteiger partial charge in [-0.25, -0.2) is 0 Å². The fraction of sp³-hybridized carbons (Fsp3) is 0.667. The third-order valence-electron chi connectivity index (χ3n) is 3.56. The summed E-state index contributed by atoms with van der Waals surface area (Å²) in [6.45, 7) is 4.09. The zero-order chi connectivity index (χ0) is 13.2. The van der Waals surface area contributed by atoms with Gasteiger partial charge in [0.05, 0.1) is 16.2 Å². The Bertz CT molecular complexity index is 388. The maximum atomic E-state index is 12.7. The molecule has 96 valence electrons. The first-order valence-corrected chi connectivity index (χ1v) is 6.59. The normalized spacial score (nSPS) is 12.2. The van der Waals surface area contributed by atoms with Gasteiger partial charge < -0.3 is 0 Å². The van der Waals surface area contributed by atoms with Gasteiger partial charge in [0.2, 0.25) is 5.78 Å². The van der Waals surface area contributed by atoms with E-state index in [4.69, 9.17) is 0 Å². The van der Waals surface area contributed by atoms with Gasteiger partial charge in [0.25, 0.3) is 0 Å². The first kappa shape index (κ1) is 14.4. The summed E-state index contributed by atoms with van der Waals surface area (Å²) in [5.41, 5.74) is 0.193. The fourth-order valence-corrected chi connectivity index (χ4v) is 2.82. The zero-order valence-electron chi connectivity index (χ0n) is 11.1. The molecule has 0 radical (unpaired) electrons. The Morgan fingerprint density at radius 1 is 1.47 bits per heavy atom. The van der Waals surface area contributed by atoms with Crippen molar-refractivity contribution >= 4 is 21.7 Å². The molecule has 4 nitrogen and oxygen atoms in total. The molecule has 0 aromatic carbocycles. The average molecular weight is 302 g/mol. The summed E-state index contributed by atoms with van der Waals surface area (Å²) in [6.07, 6.45) is 3.24. The maximum Gasteiger partial charge on any atom is 0.202 e. The van der Waals surface area contributed by atoms with Crippen LogP contribution in [0.25, 0.3) is 0 Å². The van der Waals surface area contributed by atoms with Crippen LogP contribution in [0.3, 0.4) is 0 Å². The van der Waals surface area contributed by atoms with E-state index in [0.29, 0.717) is 5.69 Å². The first-order valence-electron chi connectivity index (χ1n) is 5.80. The Labute approximate surface area is 111 Å². The van der Waals surface area contributed by atoms with Gasteiger partial charge in [-0.2, -0.15) is 5.10 Å². The lowest BCUT2D eigenvalue weighted by Gasteiger charge is -2.36. The number of aryl methyl sites for hydroxylation is 1. The molecule has 1 aromatic rings. The molecule has 1 heterocycles. The summed E-state index contributed by atoms with van der Waals surface area (Å²) in [5, 5.41) is 4.11. The van der Waals surface area contributed by atoms with Crippen molar-refractivity contribution in [2.75, 3.05) is 14.1 Å². The topological polar surface area (TPSA) is 38.1 Å². The maximum absolute atomic E-state index is 12.7. The molecule has 0 aliphatic carbocycles. The second-order valence-electron chi connectivity index (χ2n) is 4.43. The highest BCUT2D eigenvalue weighted by atomic mass is 79.9. The van der Waals surface area contributed by atoms with Crippen molar-refractivity contribution in [2.45, 2.75) is 32.2 Å². The van der Waals surface area contributed by atoms with Crippen LogP contribution in [0, 0.1) is 0 Å². The minimum atomic E-state index is -0.448. The van der Waals surface area contributed by atoms with Gasteiger partial charge in [-0.3, -0.25) is 14.4 Å². The van der Waals surface area contributed by atoms with Crippen LogP contribution in [0.5, 0.6) is 0 Å². The lowest BCUT2D eigenvalue weighted by Crippen LogP contribution is -2.50. The highest BCUT2D eigenvalue weighted by Gasteiger charge is 2.39. The van der Waals surface area contributed by atoms with Crippen LogP contribution in [0.2, 0.25) is 0 Å². The fourth-order valence-electron chi connectivity index (χ4n) is 2.29. The van der Waals surface area contributed by atoms with Crippen molar-refractivity contribution in [3.05, 3.63) is 16.4 Å². The minimum absolute atomic E-state index is 0.124. The molecule has 0 saturated carbocycles. The highest BCUT2D eigenvalue weighted by molar-refractivity contribution is 9.10. The van der Waals surface area contributed by atoms with Crippen LogP contribution in [-0.2, 0) is 7.05 Å². The van der Waals surface area contributed by atoms with Gasteiger partial charge in [0, 0.05) is 7.05 Å². The summed E-state index contributed by atoms with van der Waals surface area (Å²) in [5.74, 6) is 0.124. The van der Waals surface area contributed by atoms with E-state index < -0.39 is 5.54 Å². The summed E-state index contributed by atoms with van der Waals surface area (Å²) in [4.78, 5) is 14.7. The molecule has 0 fully saturated rings. The van der Waals surface area contributed by atoms with E-state index in [1.54, 1.807) is 17.9 Å². The summed E-state index contributed by atoms with van der Waals surface area (Å²) in [7, 11) is 5.70. The van der Waals surface area contributed by atoms with Crippen LogP contribution in [0.4, 0.5) is 0 Å². The third-order valence-corrected chi connectivity index (χ3v) is 4.14. The standard InChI is InChI=1S/C12H20BrN3O/c1-6-12(7-2,15(3)4)11(17)10-9(13)8-14-16(10)5/h8H,6-7H2,1-5H3. The van der Waals surface area contributed by atoms with Crippen LogP contribution in [0.15, 0.2) is 10.7 Å². The van der Waals surface area contributed by atoms with Gasteiger partial charge >= 0.3 is 0 Å². The molecule has 0 saturated heterocycles. The number of carbonyl (C=O) groups is 1. The zero-order valence-corrected chi connectivity index (χ0v) is 12.7. The number of rotatable bonds is 5. The number of nitrogens with zero attached hydrogens (tertiary/aromatic N) is 3. The number of aromatic nitrogens is 2. The second-order valence-corrected chi connectivity index (χ2v) is 5.28. The molecule has 0 atom stereocenters. The molecular weight excluding hydrogens is 282 g/mol. The lowest BCUT2D eigenvalue weighted by molar-refractivity contribution is 0.0644. The number of Topliss-reactive ketones (excluding diaryl/α,β-unsaturated/α-hetero) is 1. The molecule has 17 heavy (non-hydrogen) atoms. The number of likely N-dealkylation sites (N-methyl/N-ethyl adjacent to an activating group) is 1. The highest BCUT2D eigenvalue weighted by Crippen LogP contribution is 2.29. The molecule has 5 heteroatoms. The van der Waals surface area contributed by atoms with Gasteiger partial charge in [-0.15, -0.1) is 0 Å². The quantitative estimate of drug-likeness (QED) is 0.784. The summed E-state index contributed by atoms with van der Waals surface area (Å²) in [6, 6.07) is 0. The Morgan fingerprint density at radius 2 is 2.00 bits per heavy atom. The van der Waals surface area contributed by atoms with Crippen molar-refractivity contribution in [2.24, 2.45) is 7.05 Å². The van der Waals surface area contributed by atoms with E-state index in [-0.39, 0.29) is 5.78 Å². The first-order chi connectivity index (χ1) is 7.90. The summed E-state index contributed by atoms with van der Waals surface area (Å²) >= 11 is 3.39. The lowest BCUT2D eigenvalue weighted by atomic mass is 9.85. The summed E-state index contributed by atoms with van der Waals surface area (Å²) < 4.78 is 2.40. The van der Waals surface area contributed by atoms with Gasteiger partial charge in [0.1, 0.15) is 5.69 Å². The third kappa shape index (κ3) is 2.31. The van der Waals surface area contributed by atoms with Crippen molar-refractivity contribution in [1.29, 1.82) is 0 Å². The predicted molar refractivity (Wildman–Crippen MR) is 72.2 cm³/mol. The number of carbonyl (C=O) groups excluding carboxylic acids is 1. The van der Waals surface area contributed by atoms with Crippen LogP contribution in [0.1, 0.15) is 37.2 Å². The van der Waals surface area contributed by atoms with E-state index >= 15 is 0 Å². The van der Waals surface area contributed by atoms with E-state index in [9.17, 15) is 4.79 Å². The largest absolute Gasteiger partial charge is 0.297 e. The van der Waals surface area contributed by atoms with E-state index in [1.165, 1.54) is 0 Å². The molecule has 1 aromatic heterocycles. The van der Waals surface area contributed by atoms with Crippen molar-refractivity contribution in [3.63, 3.8) is 0 Å². The Hall–Kier alpha value is -0.680. The molecule has 0 bridgehead atoms. The van der Waals surface area contributed by atoms with E-state index in [1.807, 2.05) is 32.8 Å². The van der Waals surface area contributed by atoms with Gasteiger partial charge in [-0.05, 0) is 42.9 Å². The number of hydrogen-bond donors (Lipinski definition) is 0. The smallest absolute Gasteiger partial charge is 0.202 e. The Morgan fingerprint density at radius 3 is 2.29 bits per heavy atom. The molecule has 0 spiro atoms. The monoisotopic (exact) mass is 301 g/mol. The predicted octanol–water partition coefficient (Wildman–Crippen LogP) is 2.49. The Kier molecular flexibility index (Phi) is 4.49. The number of ketones is 1. The Balaban J connectivity index is 3.27. The second kappa shape index (κ2) is 5.31. The van der Waals surface area contributed by atoms with Crippen molar-refractivity contribution in [1.82, 2.24) is 14.7 Å². The number of halogens is 1. The van der Waals surface area contributed by atoms with Gasteiger partial charge in [0.15, 0.2) is 0 Å². The van der Waals surface area contributed by atoms with Crippen LogP contribution in [-0.4, -0.2) is 40.1 Å². The molecule has 1 rings (SSSR count). The molecular formula is C12H20BrN3O. The number of hydrogen-bond acceptors (Lipinski definition) is 3. The molecule has 0 aliphatic rings. The molecule has 0 aliphatic heterocycles. The van der Waals surface area contributed by atoms with E-state index in [0.717, 1.165) is 17.3 Å². The average Bonchev–Trinajstić information content (AvgIpc) is 2.60. The molecule has 0 amide bonds. The molecule has 0 N–H and O–H groups in total. The van der Waals surface area contributed by atoms with Crippen molar-refractivity contribution in [3.8, 4) is 0 Å². The van der Waals surface area contributed by atoms with E-state index in [2.05, 4.69) is 21.0 Å². The van der Waals surface area contributed by atoms with Gasteiger partial charge in [-0.1, -0.05) is 13.8 Å². The molecule has 0 unspecified atom stereocenters. The van der Waals surface area contributed by atoms with Crippen LogP contribution < -0.4 is 0 Å². The van der Waals surface area contributed by atoms with Crippen LogP contribution >= 0.6 is 15.9 Å². The SMILES string of the molecule is CCC(CC)(C(=O)c1c(Br)cnn1C)N(C)C. The minimum Gasteiger partial charge on any atom is -0.297 e. The van der Waals surface area contributed by atoms with Crippen molar-refractivity contribution < 1.29 is 4.79 Å².